The number of hydrogen-bond acceptors (Lipinski definition) is 4. The van der Waals surface area contributed by atoms with Crippen molar-refractivity contribution in [1.29, 1.82) is 0 Å². The fourth-order valence-corrected chi connectivity index (χ4v) is 2.79. The average Bonchev–Trinajstić information content (AvgIpc) is 3.40. The summed E-state index contributed by atoms with van der Waals surface area (Å²) >= 11 is 0. The second-order valence-electron chi connectivity index (χ2n) is 6.42. The molecule has 28 heavy (non-hydrogen) atoms. The molecule has 0 spiro atoms. The van der Waals surface area contributed by atoms with Crippen LogP contribution in [-0.4, -0.2) is 40.3 Å². The number of benzene rings is 1. The summed E-state index contributed by atoms with van der Waals surface area (Å²) in [7, 11) is 0. The largest absolute Gasteiger partial charge is 0.357 e. The van der Waals surface area contributed by atoms with E-state index in [-0.39, 0.29) is 0 Å². The number of nitrogens with zero attached hydrogens (tertiary/aromatic N) is 4. The highest BCUT2D eigenvalue weighted by Crippen LogP contribution is 2.18. The van der Waals surface area contributed by atoms with Gasteiger partial charge in [0.05, 0.1) is 0 Å². The molecule has 0 atom stereocenters. The highest BCUT2D eigenvalue weighted by atomic mass is 16.5. The van der Waals surface area contributed by atoms with Gasteiger partial charge in [0.2, 0.25) is 0 Å². The quantitative estimate of drug-likeness (QED) is 0.441. The molecule has 0 aliphatic heterocycles. The number of rotatable bonds is 9. The van der Waals surface area contributed by atoms with E-state index >= 15 is 0 Å². The Balaban J connectivity index is 1.49. The molecule has 1 aromatic carbocycles. The van der Waals surface area contributed by atoms with Crippen LogP contribution < -0.4 is 10.6 Å². The smallest absolute Gasteiger partial charge is 0.257 e. The van der Waals surface area contributed by atoms with Crippen molar-refractivity contribution in [2.75, 3.05) is 19.6 Å². The van der Waals surface area contributed by atoms with Gasteiger partial charge in [-0.1, -0.05) is 24.2 Å². The van der Waals surface area contributed by atoms with Crippen LogP contribution in [0.25, 0.3) is 11.5 Å². The molecule has 0 fully saturated rings. The van der Waals surface area contributed by atoms with Crippen LogP contribution in [0.1, 0.15) is 25.2 Å². The molecule has 2 heterocycles. The van der Waals surface area contributed by atoms with Gasteiger partial charge in [-0.3, -0.25) is 4.99 Å². The predicted octanol–water partition coefficient (Wildman–Crippen LogP) is 2.90. The first-order chi connectivity index (χ1) is 13.8. The van der Waals surface area contributed by atoms with Crippen LogP contribution >= 0.6 is 0 Å². The van der Waals surface area contributed by atoms with Gasteiger partial charge in [0.1, 0.15) is 0 Å². The van der Waals surface area contributed by atoms with Crippen molar-refractivity contribution in [3.8, 4) is 11.5 Å². The Morgan fingerprint density at radius 3 is 2.57 bits per heavy atom. The van der Waals surface area contributed by atoms with Crippen molar-refractivity contribution < 1.29 is 4.52 Å². The van der Waals surface area contributed by atoms with Crippen molar-refractivity contribution in [3.05, 3.63) is 60.2 Å². The summed E-state index contributed by atoms with van der Waals surface area (Å²) < 4.78 is 7.43. The van der Waals surface area contributed by atoms with Crippen LogP contribution in [0.15, 0.2) is 58.3 Å². The van der Waals surface area contributed by atoms with Gasteiger partial charge in [-0.05, 0) is 43.2 Å². The third-order valence-corrected chi connectivity index (χ3v) is 4.33. The molecule has 7 nitrogen and oxygen atoms in total. The number of hydrogen-bond donors (Lipinski definition) is 2. The Kier molecular flexibility index (Phi) is 7.23. The molecular formula is C21H28N6O. The lowest BCUT2D eigenvalue weighted by atomic mass is 10.1. The summed E-state index contributed by atoms with van der Waals surface area (Å²) in [4.78, 5) is 9.03. The Morgan fingerprint density at radius 2 is 1.89 bits per heavy atom. The van der Waals surface area contributed by atoms with Gasteiger partial charge >= 0.3 is 0 Å². The summed E-state index contributed by atoms with van der Waals surface area (Å²) in [6, 6.07) is 12.3. The zero-order chi connectivity index (χ0) is 19.6. The minimum atomic E-state index is 0.572. The van der Waals surface area contributed by atoms with Crippen LogP contribution in [-0.2, 0) is 19.4 Å². The van der Waals surface area contributed by atoms with Gasteiger partial charge in [0, 0.05) is 50.6 Å². The van der Waals surface area contributed by atoms with E-state index in [0.717, 1.165) is 56.4 Å². The normalized spacial score (nSPS) is 11.6. The molecule has 0 unspecified atom stereocenters. The van der Waals surface area contributed by atoms with E-state index in [9.17, 15) is 0 Å². The van der Waals surface area contributed by atoms with Crippen molar-refractivity contribution in [3.63, 3.8) is 0 Å². The van der Waals surface area contributed by atoms with Gasteiger partial charge < -0.3 is 19.7 Å². The molecule has 0 bridgehead atoms. The first-order valence-corrected chi connectivity index (χ1v) is 9.83. The highest BCUT2D eigenvalue weighted by molar-refractivity contribution is 5.79. The number of nitrogens with one attached hydrogen (secondary N) is 2. The molecule has 3 aromatic rings. The van der Waals surface area contributed by atoms with Gasteiger partial charge in [0.25, 0.3) is 5.89 Å². The lowest BCUT2D eigenvalue weighted by Gasteiger charge is -2.11. The molecule has 2 N–H and O–H groups in total. The Morgan fingerprint density at radius 1 is 1.11 bits per heavy atom. The maximum Gasteiger partial charge on any atom is 0.257 e. The summed E-state index contributed by atoms with van der Waals surface area (Å²) in [5.41, 5.74) is 2.17. The lowest BCUT2D eigenvalue weighted by Crippen LogP contribution is -2.39. The molecule has 148 valence electrons. The van der Waals surface area contributed by atoms with Crippen LogP contribution in [0.4, 0.5) is 0 Å². The van der Waals surface area contributed by atoms with E-state index in [1.807, 2.05) is 31.2 Å². The first kappa shape index (κ1) is 19.7. The molecule has 0 radical (unpaired) electrons. The van der Waals surface area contributed by atoms with Crippen molar-refractivity contribution >= 4 is 5.96 Å². The van der Waals surface area contributed by atoms with Crippen LogP contribution in [0, 0.1) is 0 Å². The lowest BCUT2D eigenvalue weighted by molar-refractivity contribution is 0.423. The number of aryl methyl sites for hydroxylation is 1. The first-order valence-electron chi connectivity index (χ1n) is 9.83. The predicted molar refractivity (Wildman–Crippen MR) is 111 cm³/mol. The third-order valence-electron chi connectivity index (χ3n) is 4.33. The van der Waals surface area contributed by atoms with Gasteiger partial charge in [-0.25, -0.2) is 0 Å². The van der Waals surface area contributed by atoms with E-state index in [2.05, 4.69) is 61.8 Å². The molecule has 2 aromatic heterocycles. The molecule has 0 saturated heterocycles. The molecule has 0 amide bonds. The third kappa shape index (κ3) is 5.70. The maximum absolute atomic E-state index is 5.28. The van der Waals surface area contributed by atoms with Crippen LogP contribution in [0.5, 0.6) is 0 Å². The fraction of sp³-hybridized carbons (Fsp3) is 0.381. The molecular weight excluding hydrogens is 352 g/mol. The number of aromatic nitrogens is 3. The average molecular weight is 380 g/mol. The van der Waals surface area contributed by atoms with E-state index < -0.39 is 0 Å². The minimum Gasteiger partial charge on any atom is -0.357 e. The van der Waals surface area contributed by atoms with Crippen molar-refractivity contribution in [2.24, 2.45) is 4.99 Å². The summed E-state index contributed by atoms with van der Waals surface area (Å²) in [5, 5.41) is 10.6. The zero-order valence-electron chi connectivity index (χ0n) is 16.6. The maximum atomic E-state index is 5.28. The molecule has 7 heteroatoms. The minimum absolute atomic E-state index is 0.572. The topological polar surface area (TPSA) is 80.3 Å². The van der Waals surface area contributed by atoms with Crippen LogP contribution in [0.2, 0.25) is 0 Å². The highest BCUT2D eigenvalue weighted by Gasteiger charge is 2.07. The summed E-state index contributed by atoms with van der Waals surface area (Å²) in [6.07, 6.45) is 5.77. The summed E-state index contributed by atoms with van der Waals surface area (Å²) in [5.74, 6) is 2.15. The fourth-order valence-electron chi connectivity index (χ4n) is 2.79. The van der Waals surface area contributed by atoms with Crippen LogP contribution in [0.3, 0.4) is 0 Å². The second-order valence-corrected chi connectivity index (χ2v) is 6.42. The van der Waals surface area contributed by atoms with Crippen molar-refractivity contribution in [2.45, 2.75) is 33.2 Å². The van der Waals surface area contributed by atoms with Gasteiger partial charge in [-0.2, -0.15) is 4.98 Å². The molecule has 3 rings (SSSR count). The molecule has 0 aliphatic carbocycles. The number of aliphatic imine (C=N–C) groups is 1. The van der Waals surface area contributed by atoms with Gasteiger partial charge in [-0.15, -0.1) is 0 Å². The molecule has 0 saturated carbocycles. The van der Waals surface area contributed by atoms with E-state index in [1.165, 1.54) is 5.56 Å². The molecule has 0 aliphatic rings. The SMILES string of the molecule is CCNC(=NCCc1ccc(-c2nc(CC)no2)cc1)NCCn1cccc1. The second kappa shape index (κ2) is 10.3. The zero-order valence-corrected chi connectivity index (χ0v) is 16.6. The van der Waals surface area contributed by atoms with E-state index in [0.29, 0.717) is 5.89 Å². The van der Waals surface area contributed by atoms with E-state index in [1.54, 1.807) is 0 Å². The summed E-state index contributed by atoms with van der Waals surface area (Å²) in [6.45, 7) is 7.39. The Hall–Kier alpha value is -3.09. The van der Waals surface area contributed by atoms with Gasteiger partial charge in [0.15, 0.2) is 11.8 Å². The number of guanidine groups is 1. The monoisotopic (exact) mass is 380 g/mol. The van der Waals surface area contributed by atoms with Crippen molar-refractivity contribution in [1.82, 2.24) is 25.3 Å². The standard InChI is InChI=1S/C21H28N6O/c1-3-19-25-20(28-26-19)18-9-7-17(8-10-18)11-12-23-21(22-4-2)24-13-16-27-14-5-6-15-27/h5-10,14-15H,3-4,11-13,16H2,1-2H3,(H2,22,23,24). The Bertz CT molecular complexity index is 851. The Labute approximate surface area is 165 Å². The van der Waals surface area contributed by atoms with E-state index in [4.69, 9.17) is 4.52 Å².